The molecule has 3 aromatic rings. The number of nitro groups is 1. The Kier molecular flexibility index (Phi) is 7.82. The first-order valence-corrected chi connectivity index (χ1v) is 13.8. The highest BCUT2D eigenvalue weighted by atomic mass is 35.5. The van der Waals surface area contributed by atoms with Crippen molar-refractivity contribution in [2.24, 2.45) is 5.92 Å². The van der Waals surface area contributed by atoms with Gasteiger partial charge in [0, 0.05) is 13.1 Å². The van der Waals surface area contributed by atoms with E-state index >= 15 is 0 Å². The Hall–Kier alpha value is -4.44. The topological polar surface area (TPSA) is 188 Å². The third kappa shape index (κ3) is 5.74. The van der Waals surface area contributed by atoms with Crippen LogP contribution < -0.4 is 4.90 Å². The Morgan fingerprint density at radius 2 is 1.90 bits per heavy atom. The van der Waals surface area contributed by atoms with Gasteiger partial charge in [0.1, 0.15) is 11.1 Å². The number of nitrogens with zero attached hydrogens (tertiary/aromatic N) is 7. The van der Waals surface area contributed by atoms with Crippen molar-refractivity contribution in [2.75, 3.05) is 11.9 Å². The fraction of sp³-hybridized carbons (Fsp3) is 0.333. The number of benzene rings is 1. The summed E-state index contributed by atoms with van der Waals surface area (Å²) in [4.78, 5) is 60.4. The molecule has 2 heterocycles. The predicted molar refractivity (Wildman–Crippen MR) is 144 cm³/mol. The molecule has 1 aliphatic rings. The molecule has 216 valence electrons. The monoisotopic (exact) mass is 605 g/mol. The number of carbonyl (C=O) groups is 3. The summed E-state index contributed by atoms with van der Waals surface area (Å²) in [6, 6.07) is 4.19. The van der Waals surface area contributed by atoms with Gasteiger partial charge in [0.15, 0.2) is 15.7 Å². The average Bonchev–Trinajstić information content (AvgIpc) is 3.55. The molecule has 0 N–H and O–H groups in total. The van der Waals surface area contributed by atoms with Crippen LogP contribution in [-0.4, -0.2) is 68.2 Å². The van der Waals surface area contributed by atoms with Crippen LogP contribution in [0, 0.1) is 16.0 Å². The largest absolute Gasteiger partial charge is 0.443 e. The SMILES string of the molecule is CN(C(=O)[C@@H]1C=C[C@H](n2cnc3c(Cl)nc(N(C=O)C(=O)OC(C)(C)C)nc32)C1)S(=O)(=O)c1ccccc1[N+](=O)[O-]. The molecule has 0 saturated heterocycles. The highest BCUT2D eigenvalue weighted by Crippen LogP contribution is 2.34. The minimum absolute atomic E-state index is 0.0848. The molecule has 0 fully saturated rings. The minimum Gasteiger partial charge on any atom is -0.443 e. The first-order valence-electron chi connectivity index (χ1n) is 12.0. The molecule has 17 heteroatoms. The van der Waals surface area contributed by atoms with Gasteiger partial charge in [-0.15, -0.1) is 0 Å². The van der Waals surface area contributed by atoms with Crippen molar-refractivity contribution in [3.8, 4) is 0 Å². The zero-order chi connectivity index (χ0) is 30.3. The van der Waals surface area contributed by atoms with Crippen molar-refractivity contribution < 1.29 is 32.5 Å². The summed E-state index contributed by atoms with van der Waals surface area (Å²) in [6.45, 7) is 4.86. The van der Waals surface area contributed by atoms with Crippen molar-refractivity contribution in [1.82, 2.24) is 23.8 Å². The molecule has 0 radical (unpaired) electrons. The van der Waals surface area contributed by atoms with E-state index in [9.17, 15) is 32.9 Å². The number of ether oxygens (including phenoxy) is 1. The van der Waals surface area contributed by atoms with Gasteiger partial charge in [-0.25, -0.2) is 22.5 Å². The van der Waals surface area contributed by atoms with Gasteiger partial charge in [0.05, 0.1) is 23.2 Å². The Morgan fingerprint density at radius 1 is 1.22 bits per heavy atom. The summed E-state index contributed by atoms with van der Waals surface area (Å²) in [5, 5.41) is 11.2. The van der Waals surface area contributed by atoms with E-state index in [1.807, 2.05) is 0 Å². The van der Waals surface area contributed by atoms with E-state index in [1.165, 1.54) is 29.1 Å². The minimum atomic E-state index is -4.53. The smallest absolute Gasteiger partial charge is 0.424 e. The van der Waals surface area contributed by atoms with Crippen molar-refractivity contribution in [3.63, 3.8) is 0 Å². The number of hydrogen-bond acceptors (Lipinski definition) is 11. The summed E-state index contributed by atoms with van der Waals surface area (Å²) in [5.41, 5.74) is -1.26. The molecule has 3 amide bonds. The number of fused-ring (bicyclic) bond motifs is 1. The maximum absolute atomic E-state index is 13.2. The lowest BCUT2D eigenvalue weighted by atomic mass is 10.1. The quantitative estimate of drug-likeness (QED) is 0.126. The maximum Gasteiger partial charge on any atom is 0.424 e. The van der Waals surface area contributed by atoms with E-state index in [1.54, 1.807) is 26.8 Å². The van der Waals surface area contributed by atoms with E-state index < -0.39 is 55.1 Å². The lowest BCUT2D eigenvalue weighted by Gasteiger charge is -2.23. The Morgan fingerprint density at radius 3 is 2.54 bits per heavy atom. The van der Waals surface area contributed by atoms with E-state index in [4.69, 9.17) is 16.3 Å². The number of imide groups is 1. The second-order valence-electron chi connectivity index (χ2n) is 9.92. The van der Waals surface area contributed by atoms with Gasteiger partial charge >= 0.3 is 6.09 Å². The summed E-state index contributed by atoms with van der Waals surface area (Å²) in [7, 11) is -3.50. The highest BCUT2D eigenvalue weighted by molar-refractivity contribution is 7.89. The van der Waals surface area contributed by atoms with Crippen LogP contribution >= 0.6 is 11.6 Å². The van der Waals surface area contributed by atoms with Crippen LogP contribution in [0.4, 0.5) is 16.4 Å². The maximum atomic E-state index is 13.2. The van der Waals surface area contributed by atoms with Gasteiger partial charge in [-0.3, -0.25) is 19.7 Å². The lowest BCUT2D eigenvalue weighted by molar-refractivity contribution is -0.387. The predicted octanol–water partition coefficient (Wildman–Crippen LogP) is 3.25. The number of sulfonamides is 1. The number of halogens is 1. The van der Waals surface area contributed by atoms with Gasteiger partial charge in [-0.1, -0.05) is 35.9 Å². The van der Waals surface area contributed by atoms with Gasteiger partial charge in [-0.05, 0) is 33.3 Å². The second kappa shape index (κ2) is 10.9. The zero-order valence-corrected chi connectivity index (χ0v) is 23.7. The molecule has 41 heavy (non-hydrogen) atoms. The molecular weight excluding hydrogens is 582 g/mol. The van der Waals surface area contributed by atoms with Crippen LogP contribution in [0.3, 0.4) is 0 Å². The second-order valence-corrected chi connectivity index (χ2v) is 12.2. The fourth-order valence-electron chi connectivity index (χ4n) is 4.10. The van der Waals surface area contributed by atoms with Gasteiger partial charge in [-0.2, -0.15) is 14.9 Å². The van der Waals surface area contributed by atoms with Crippen LogP contribution in [0.15, 0.2) is 47.6 Å². The number of aromatic nitrogens is 4. The van der Waals surface area contributed by atoms with E-state index in [0.29, 0.717) is 9.21 Å². The van der Waals surface area contributed by atoms with Crippen molar-refractivity contribution in [1.29, 1.82) is 0 Å². The zero-order valence-electron chi connectivity index (χ0n) is 22.2. The molecule has 0 bridgehead atoms. The number of imidazole rings is 1. The summed E-state index contributed by atoms with van der Waals surface area (Å²) in [5.74, 6) is -2.08. The average molecular weight is 606 g/mol. The number of nitro benzene ring substituents is 1. The molecular formula is C24H24ClN7O8S. The molecule has 0 aliphatic heterocycles. The number of para-hydroxylation sites is 1. The van der Waals surface area contributed by atoms with Crippen LogP contribution in [-0.2, 0) is 24.3 Å². The van der Waals surface area contributed by atoms with E-state index in [-0.39, 0.29) is 35.1 Å². The summed E-state index contributed by atoms with van der Waals surface area (Å²) in [6.07, 6.45) is 3.76. The van der Waals surface area contributed by atoms with Gasteiger partial charge in [0.25, 0.3) is 15.7 Å². The Balaban J connectivity index is 1.60. The molecule has 2 atom stereocenters. The number of allylic oxidation sites excluding steroid dienone is 1. The van der Waals surface area contributed by atoms with Crippen LogP contribution in [0.2, 0.25) is 5.15 Å². The summed E-state index contributed by atoms with van der Waals surface area (Å²) < 4.78 is 33.5. The number of carbonyl (C=O) groups excluding carboxylic acids is 3. The van der Waals surface area contributed by atoms with Gasteiger partial charge < -0.3 is 9.30 Å². The molecule has 0 saturated carbocycles. The van der Waals surface area contributed by atoms with Crippen LogP contribution in [0.5, 0.6) is 0 Å². The first kappa shape index (κ1) is 29.5. The van der Waals surface area contributed by atoms with Crippen LogP contribution in [0.25, 0.3) is 11.2 Å². The molecule has 1 aromatic carbocycles. The third-order valence-electron chi connectivity index (χ3n) is 6.02. The normalized spacial score (nSPS) is 16.9. The molecule has 0 spiro atoms. The van der Waals surface area contributed by atoms with Crippen molar-refractivity contribution in [3.05, 3.63) is 58.0 Å². The molecule has 2 aromatic heterocycles. The first-order chi connectivity index (χ1) is 19.2. The number of rotatable bonds is 7. The summed E-state index contributed by atoms with van der Waals surface area (Å²) >= 11 is 6.27. The molecule has 4 rings (SSSR count). The standard InChI is InChI=1S/C24H24ClN7O8S/c1-24(2,3)40-23(35)31(13-33)22-27-19(25)18-20(28-22)30(12-26-18)15-10-9-14(11-15)21(34)29(4)41(38,39)17-8-6-5-7-16(17)32(36)37/h5-10,12-15H,11H2,1-4H3/t14-,15+/m1/s1. The van der Waals surface area contributed by atoms with Crippen molar-refractivity contribution >= 4 is 62.8 Å². The highest BCUT2D eigenvalue weighted by Gasteiger charge is 2.37. The molecule has 15 nitrogen and oxygen atoms in total. The van der Waals surface area contributed by atoms with Gasteiger partial charge in [0.2, 0.25) is 18.3 Å². The fourth-order valence-corrected chi connectivity index (χ4v) is 5.63. The Labute approximate surface area is 238 Å². The number of hydrogen-bond donors (Lipinski definition) is 0. The number of anilines is 1. The number of amides is 3. The van der Waals surface area contributed by atoms with Crippen molar-refractivity contribution in [2.45, 2.75) is 43.7 Å². The third-order valence-corrected chi connectivity index (χ3v) is 8.09. The Bertz CT molecular complexity index is 1700. The van der Waals surface area contributed by atoms with Crippen LogP contribution in [0.1, 0.15) is 33.2 Å². The van der Waals surface area contributed by atoms with E-state index in [2.05, 4.69) is 15.0 Å². The van der Waals surface area contributed by atoms with E-state index in [0.717, 1.165) is 19.2 Å². The molecule has 0 unspecified atom stereocenters. The lowest BCUT2D eigenvalue weighted by Crippen LogP contribution is -2.37. The molecule has 1 aliphatic carbocycles.